The molecule has 1 aromatic carbocycles. The molecule has 2 aromatic rings. The predicted molar refractivity (Wildman–Crippen MR) is 66.3 cm³/mol. The van der Waals surface area contributed by atoms with Gasteiger partial charge in [0, 0.05) is 11.8 Å². The largest absolute Gasteiger partial charge is 0.382 e. The fourth-order valence-electron chi connectivity index (χ4n) is 1.68. The Kier molecular flexibility index (Phi) is 2.95. The molecule has 16 heavy (non-hydrogen) atoms. The van der Waals surface area contributed by atoms with E-state index in [1.807, 2.05) is 17.8 Å². The summed E-state index contributed by atoms with van der Waals surface area (Å²) in [6.45, 7) is 4.91. The van der Waals surface area contributed by atoms with Crippen LogP contribution in [0.25, 0.3) is 0 Å². The normalized spacial score (nSPS) is 10.6. The second-order valence-electron chi connectivity index (χ2n) is 4.06. The van der Waals surface area contributed by atoms with Gasteiger partial charge in [-0.3, -0.25) is 4.68 Å². The van der Waals surface area contributed by atoms with Gasteiger partial charge in [0.25, 0.3) is 0 Å². The molecule has 2 rings (SSSR count). The van der Waals surface area contributed by atoms with Gasteiger partial charge in [0.2, 0.25) is 0 Å². The molecule has 0 spiro atoms. The Bertz CT molecular complexity index is 449. The molecule has 0 radical (unpaired) electrons. The number of nitrogen functional groups attached to an aromatic ring is 1. The summed E-state index contributed by atoms with van der Waals surface area (Å²) in [5.74, 6) is 0.616. The number of anilines is 1. The maximum absolute atomic E-state index is 5.71. The second-order valence-corrected chi connectivity index (χ2v) is 4.06. The summed E-state index contributed by atoms with van der Waals surface area (Å²) in [6, 6.07) is 8.61. The number of nitrogens with two attached hydrogens (primary N) is 1. The number of hydrogen-bond donors (Lipinski definition) is 1. The van der Waals surface area contributed by atoms with Gasteiger partial charge in [-0.05, 0) is 24.5 Å². The molecule has 1 heterocycles. The highest BCUT2D eigenvalue weighted by atomic mass is 15.3. The zero-order valence-electron chi connectivity index (χ0n) is 9.77. The van der Waals surface area contributed by atoms with Crippen molar-refractivity contribution in [3.05, 3.63) is 47.2 Å². The zero-order valence-corrected chi connectivity index (χ0v) is 9.77. The first kappa shape index (κ1) is 10.7. The van der Waals surface area contributed by atoms with Gasteiger partial charge in [-0.25, -0.2) is 0 Å². The summed E-state index contributed by atoms with van der Waals surface area (Å²) in [6.07, 6.45) is 3.05. The van der Waals surface area contributed by atoms with E-state index in [2.05, 4.69) is 36.3 Å². The standard InChI is InChI=1S/C13H17N3/c1-3-11-4-6-12(7-5-11)9-16-8-10(2)13(14)15-16/h4-8H,3,9H2,1-2H3,(H2,14,15). The highest BCUT2D eigenvalue weighted by molar-refractivity contribution is 5.36. The van der Waals surface area contributed by atoms with E-state index in [0.717, 1.165) is 18.5 Å². The van der Waals surface area contributed by atoms with Gasteiger partial charge in [-0.1, -0.05) is 31.2 Å². The summed E-state index contributed by atoms with van der Waals surface area (Å²) in [5.41, 5.74) is 9.35. The number of benzene rings is 1. The smallest absolute Gasteiger partial charge is 0.148 e. The van der Waals surface area contributed by atoms with E-state index in [9.17, 15) is 0 Å². The summed E-state index contributed by atoms with van der Waals surface area (Å²) < 4.78 is 1.88. The van der Waals surface area contributed by atoms with Gasteiger partial charge in [0.1, 0.15) is 5.82 Å². The first-order valence-corrected chi connectivity index (χ1v) is 5.56. The molecule has 2 N–H and O–H groups in total. The number of nitrogens with zero attached hydrogens (tertiary/aromatic N) is 2. The van der Waals surface area contributed by atoms with Gasteiger partial charge >= 0.3 is 0 Å². The van der Waals surface area contributed by atoms with E-state index in [4.69, 9.17) is 5.73 Å². The van der Waals surface area contributed by atoms with E-state index in [-0.39, 0.29) is 0 Å². The quantitative estimate of drug-likeness (QED) is 0.854. The van der Waals surface area contributed by atoms with E-state index in [1.165, 1.54) is 11.1 Å². The Labute approximate surface area is 95.9 Å². The molecule has 3 nitrogen and oxygen atoms in total. The van der Waals surface area contributed by atoms with Crippen LogP contribution < -0.4 is 5.73 Å². The third-order valence-corrected chi connectivity index (χ3v) is 2.76. The molecule has 0 unspecified atom stereocenters. The molecule has 0 aliphatic heterocycles. The van der Waals surface area contributed by atoms with Gasteiger partial charge in [0.15, 0.2) is 0 Å². The number of rotatable bonds is 3. The zero-order chi connectivity index (χ0) is 11.5. The Hall–Kier alpha value is -1.77. The van der Waals surface area contributed by atoms with Crippen molar-refractivity contribution >= 4 is 5.82 Å². The lowest BCUT2D eigenvalue weighted by Crippen LogP contribution is -2.01. The van der Waals surface area contributed by atoms with Crippen molar-refractivity contribution in [2.75, 3.05) is 5.73 Å². The van der Waals surface area contributed by atoms with Crippen molar-refractivity contribution in [1.29, 1.82) is 0 Å². The van der Waals surface area contributed by atoms with E-state index in [0.29, 0.717) is 5.82 Å². The van der Waals surface area contributed by atoms with Crippen LogP contribution in [0.5, 0.6) is 0 Å². The minimum absolute atomic E-state index is 0.616. The molecule has 0 amide bonds. The molecule has 0 atom stereocenters. The van der Waals surface area contributed by atoms with E-state index >= 15 is 0 Å². The Balaban J connectivity index is 2.14. The van der Waals surface area contributed by atoms with Gasteiger partial charge in [0.05, 0.1) is 6.54 Å². The number of aromatic nitrogens is 2. The molecule has 1 aromatic heterocycles. The lowest BCUT2D eigenvalue weighted by Gasteiger charge is -2.03. The Morgan fingerprint density at radius 1 is 1.19 bits per heavy atom. The molecule has 0 aliphatic carbocycles. The van der Waals surface area contributed by atoms with Crippen molar-refractivity contribution in [2.45, 2.75) is 26.8 Å². The van der Waals surface area contributed by atoms with Gasteiger partial charge in [-0.15, -0.1) is 0 Å². The van der Waals surface area contributed by atoms with Gasteiger partial charge in [-0.2, -0.15) is 5.10 Å². The molecule has 0 bridgehead atoms. The minimum Gasteiger partial charge on any atom is -0.382 e. The minimum atomic E-state index is 0.616. The van der Waals surface area contributed by atoms with Crippen LogP contribution in [0.15, 0.2) is 30.5 Å². The van der Waals surface area contributed by atoms with Crippen molar-refractivity contribution < 1.29 is 0 Å². The van der Waals surface area contributed by atoms with Gasteiger partial charge < -0.3 is 5.73 Å². The highest BCUT2D eigenvalue weighted by Gasteiger charge is 2.01. The monoisotopic (exact) mass is 215 g/mol. The number of aryl methyl sites for hydroxylation is 2. The van der Waals surface area contributed by atoms with E-state index < -0.39 is 0 Å². The van der Waals surface area contributed by atoms with Crippen LogP contribution in [0.1, 0.15) is 23.6 Å². The summed E-state index contributed by atoms with van der Waals surface area (Å²) in [7, 11) is 0. The summed E-state index contributed by atoms with van der Waals surface area (Å²) in [4.78, 5) is 0. The van der Waals surface area contributed by atoms with E-state index in [1.54, 1.807) is 0 Å². The van der Waals surface area contributed by atoms with Crippen LogP contribution in [0.4, 0.5) is 5.82 Å². The van der Waals surface area contributed by atoms with Crippen molar-refractivity contribution in [3.63, 3.8) is 0 Å². The maximum Gasteiger partial charge on any atom is 0.148 e. The van der Waals surface area contributed by atoms with Crippen molar-refractivity contribution in [2.24, 2.45) is 0 Å². The predicted octanol–water partition coefficient (Wildman–Crippen LogP) is 2.38. The molecular formula is C13H17N3. The summed E-state index contributed by atoms with van der Waals surface area (Å²) >= 11 is 0. The average molecular weight is 215 g/mol. The molecule has 0 aliphatic rings. The fraction of sp³-hybridized carbons (Fsp3) is 0.308. The first-order chi connectivity index (χ1) is 7.69. The van der Waals surface area contributed by atoms with Crippen LogP contribution in [0.2, 0.25) is 0 Å². The SMILES string of the molecule is CCc1ccc(Cn2cc(C)c(N)n2)cc1. The fourth-order valence-corrected chi connectivity index (χ4v) is 1.68. The highest BCUT2D eigenvalue weighted by Crippen LogP contribution is 2.10. The Morgan fingerprint density at radius 2 is 1.81 bits per heavy atom. The second kappa shape index (κ2) is 4.39. The topological polar surface area (TPSA) is 43.8 Å². The molecule has 3 heteroatoms. The maximum atomic E-state index is 5.71. The first-order valence-electron chi connectivity index (χ1n) is 5.56. The van der Waals surface area contributed by atoms with Crippen LogP contribution >= 0.6 is 0 Å². The third kappa shape index (κ3) is 2.24. The lowest BCUT2D eigenvalue weighted by molar-refractivity contribution is 0.689. The molecular weight excluding hydrogens is 198 g/mol. The van der Waals surface area contributed by atoms with Crippen molar-refractivity contribution in [3.8, 4) is 0 Å². The van der Waals surface area contributed by atoms with Crippen molar-refractivity contribution in [1.82, 2.24) is 9.78 Å². The third-order valence-electron chi connectivity index (χ3n) is 2.76. The average Bonchev–Trinajstić information content (AvgIpc) is 2.59. The molecule has 0 fully saturated rings. The molecule has 0 saturated carbocycles. The van der Waals surface area contributed by atoms with Crippen LogP contribution in [-0.2, 0) is 13.0 Å². The molecule has 0 saturated heterocycles. The van der Waals surface area contributed by atoms with Crippen LogP contribution in [-0.4, -0.2) is 9.78 Å². The van der Waals surface area contributed by atoms with Crippen LogP contribution in [0, 0.1) is 6.92 Å². The summed E-state index contributed by atoms with van der Waals surface area (Å²) in [5, 5.41) is 4.24. The number of hydrogen-bond acceptors (Lipinski definition) is 2. The Morgan fingerprint density at radius 3 is 2.31 bits per heavy atom. The molecule has 84 valence electrons. The van der Waals surface area contributed by atoms with Crippen LogP contribution in [0.3, 0.4) is 0 Å². The lowest BCUT2D eigenvalue weighted by atomic mass is 10.1.